The van der Waals surface area contributed by atoms with Gasteiger partial charge in [0, 0.05) is 30.1 Å². The van der Waals surface area contributed by atoms with Crippen molar-refractivity contribution in [2.45, 2.75) is 64.6 Å². The molecule has 1 N–H and O–H groups in total. The Morgan fingerprint density at radius 2 is 1.82 bits per heavy atom. The van der Waals surface area contributed by atoms with Crippen molar-refractivity contribution in [2.24, 2.45) is 16.8 Å². The fourth-order valence-electron chi connectivity index (χ4n) is 6.02. The summed E-state index contributed by atoms with van der Waals surface area (Å²) < 4.78 is 13.9. The second kappa shape index (κ2) is 12.9. The summed E-state index contributed by atoms with van der Waals surface area (Å²) in [4.78, 5) is 44.0. The van der Waals surface area contributed by atoms with E-state index in [0.29, 0.717) is 29.4 Å². The molecule has 3 atom stereocenters. The van der Waals surface area contributed by atoms with Gasteiger partial charge < -0.3 is 20.1 Å². The maximum Gasteiger partial charge on any atom is 1.00 e. The largest absolute Gasteiger partial charge is 1.00 e. The Bertz CT molecular complexity index is 1260. The summed E-state index contributed by atoms with van der Waals surface area (Å²) in [7, 11) is 0. The van der Waals surface area contributed by atoms with Gasteiger partial charge in [0.25, 0.3) is 11.8 Å². The molecule has 2 unspecified atom stereocenters. The Labute approximate surface area is 255 Å². The minimum atomic E-state index is -1.23. The molecule has 1 fully saturated rings. The van der Waals surface area contributed by atoms with E-state index in [2.05, 4.69) is 19.2 Å². The normalized spacial score (nSPS) is 23.3. The number of benzene rings is 2. The van der Waals surface area contributed by atoms with Crippen molar-refractivity contribution in [3.63, 3.8) is 0 Å². The van der Waals surface area contributed by atoms with Crippen molar-refractivity contribution in [3.05, 3.63) is 70.0 Å². The van der Waals surface area contributed by atoms with E-state index >= 15 is 0 Å². The van der Waals surface area contributed by atoms with Gasteiger partial charge in [-0.25, -0.2) is 4.39 Å². The molecule has 2 aromatic rings. The van der Waals surface area contributed by atoms with Gasteiger partial charge in [0.15, 0.2) is 0 Å². The monoisotopic (exact) mass is 563 g/mol. The zero-order chi connectivity index (χ0) is 27.6. The van der Waals surface area contributed by atoms with Gasteiger partial charge in [-0.3, -0.25) is 14.6 Å². The Morgan fingerprint density at radius 1 is 1.18 bits per heavy atom. The van der Waals surface area contributed by atoms with Crippen LogP contribution in [0.4, 0.5) is 4.39 Å². The van der Waals surface area contributed by atoms with Crippen LogP contribution in [0.15, 0.2) is 47.5 Å². The van der Waals surface area contributed by atoms with Gasteiger partial charge >= 0.3 is 29.6 Å². The van der Waals surface area contributed by atoms with Crippen LogP contribution in [0.1, 0.15) is 80.4 Å². The molecule has 7 nitrogen and oxygen atoms in total. The Kier molecular flexibility index (Phi) is 10.4. The van der Waals surface area contributed by atoms with E-state index in [1.807, 2.05) is 24.0 Å². The van der Waals surface area contributed by atoms with E-state index in [1.54, 1.807) is 18.2 Å². The molecular weight excluding hydrogens is 532 g/mol. The standard InChI is InChI=1S/C29H33ClFN3O4.Na/c1-4-24(19-5-7-20(8-6-19)27(37)32-12-11-25(35)36)34-28(38)26(21-9-10-23(31)22(30)14-21)33-29(34)15-17(2)13-18(3)16-29;/h5-10,14,17-18,24H,4,11-13,15-16H2,1-3H3,(H,32,37)(H,35,36);/q;+1/p-1/t17?,18?,24-,29?;/m1./s1. The Hall–Kier alpha value is -2.26. The number of carbonyl (C=O) groups excluding carboxylic acids is 3. The van der Waals surface area contributed by atoms with Crippen molar-refractivity contribution in [1.82, 2.24) is 10.2 Å². The third kappa shape index (κ3) is 6.73. The average Bonchev–Trinajstić information content (AvgIpc) is 3.11. The fraction of sp³-hybridized carbons (Fsp3) is 0.448. The molecule has 2 amide bonds. The minimum Gasteiger partial charge on any atom is -0.550 e. The fourth-order valence-corrected chi connectivity index (χ4v) is 6.20. The van der Waals surface area contributed by atoms with E-state index in [0.717, 1.165) is 24.8 Å². The first-order chi connectivity index (χ1) is 18.0. The molecule has 1 saturated carbocycles. The molecular formula is C29H32ClFN3NaO4. The molecule has 0 aromatic heterocycles. The van der Waals surface area contributed by atoms with Gasteiger partial charge in [-0.15, -0.1) is 0 Å². The number of carboxylic acids is 1. The SMILES string of the molecule is CC[C@H](c1ccc(C(=O)NCCC(=O)[O-])cc1)N1C(=O)C(c2ccc(F)c(Cl)c2)=NC12CC(C)CC(C)C2.[Na+]. The quantitative estimate of drug-likeness (QED) is 0.489. The maximum atomic E-state index is 14.1. The number of aliphatic imine (C=N–C) groups is 1. The van der Waals surface area contributed by atoms with Crippen LogP contribution in [0.5, 0.6) is 0 Å². The van der Waals surface area contributed by atoms with E-state index in [-0.39, 0.29) is 71.1 Å². The van der Waals surface area contributed by atoms with Crippen molar-refractivity contribution >= 4 is 35.1 Å². The van der Waals surface area contributed by atoms with Gasteiger partial charge in [-0.1, -0.05) is 44.5 Å². The van der Waals surface area contributed by atoms with Gasteiger partial charge in [0.1, 0.15) is 17.2 Å². The van der Waals surface area contributed by atoms with Crippen LogP contribution in [0.2, 0.25) is 5.02 Å². The smallest absolute Gasteiger partial charge is 0.550 e. The number of carboxylic acid groups (broad SMARTS) is 1. The minimum absolute atomic E-state index is 0. The Balaban J connectivity index is 0.00000420. The van der Waals surface area contributed by atoms with Gasteiger partial charge in [0.05, 0.1) is 11.1 Å². The topological polar surface area (TPSA) is 102 Å². The van der Waals surface area contributed by atoms with Crippen LogP contribution in [-0.4, -0.2) is 40.6 Å². The van der Waals surface area contributed by atoms with Crippen LogP contribution in [0, 0.1) is 17.7 Å². The third-order valence-electron chi connectivity index (χ3n) is 7.41. The molecule has 1 aliphatic heterocycles. The number of carbonyl (C=O) groups is 3. The zero-order valence-corrected chi connectivity index (χ0v) is 25.6. The van der Waals surface area contributed by atoms with Gasteiger partial charge in [-0.2, -0.15) is 0 Å². The number of aliphatic carboxylic acids is 1. The second-order valence-corrected chi connectivity index (χ2v) is 10.9. The number of rotatable bonds is 8. The number of nitrogens with one attached hydrogen (secondary N) is 1. The van der Waals surface area contributed by atoms with Crippen LogP contribution >= 0.6 is 11.6 Å². The number of hydrogen-bond donors (Lipinski definition) is 1. The van der Waals surface area contributed by atoms with Crippen LogP contribution in [-0.2, 0) is 9.59 Å². The summed E-state index contributed by atoms with van der Waals surface area (Å²) in [5.74, 6) is -1.66. The van der Waals surface area contributed by atoms with E-state index in [9.17, 15) is 23.9 Å². The number of hydrogen-bond acceptors (Lipinski definition) is 5. The van der Waals surface area contributed by atoms with E-state index < -0.39 is 17.4 Å². The van der Waals surface area contributed by atoms with E-state index in [1.165, 1.54) is 12.1 Å². The third-order valence-corrected chi connectivity index (χ3v) is 7.70. The molecule has 4 rings (SSSR count). The Morgan fingerprint density at radius 3 is 2.38 bits per heavy atom. The van der Waals surface area contributed by atoms with Crippen molar-refractivity contribution in [3.8, 4) is 0 Å². The molecule has 0 bridgehead atoms. The summed E-state index contributed by atoms with van der Waals surface area (Å²) >= 11 is 6.05. The first-order valence-corrected chi connectivity index (χ1v) is 13.4. The molecule has 0 saturated heterocycles. The van der Waals surface area contributed by atoms with E-state index in [4.69, 9.17) is 16.6 Å². The molecule has 2 aliphatic rings. The summed E-state index contributed by atoms with van der Waals surface area (Å²) in [5, 5.41) is 13.1. The second-order valence-electron chi connectivity index (χ2n) is 10.5. The van der Waals surface area contributed by atoms with Crippen LogP contribution < -0.4 is 40.0 Å². The molecule has 10 heteroatoms. The zero-order valence-electron chi connectivity index (χ0n) is 22.8. The molecule has 1 aliphatic carbocycles. The number of nitrogens with zero attached hydrogens (tertiary/aromatic N) is 2. The average molecular weight is 564 g/mol. The predicted molar refractivity (Wildman–Crippen MR) is 141 cm³/mol. The molecule has 1 heterocycles. The first kappa shape index (κ1) is 31.3. The van der Waals surface area contributed by atoms with Gasteiger partial charge in [-0.05, 0) is 73.4 Å². The molecule has 0 radical (unpaired) electrons. The molecule has 202 valence electrons. The van der Waals surface area contributed by atoms with Crippen LogP contribution in [0.25, 0.3) is 0 Å². The predicted octanol–water partition coefficient (Wildman–Crippen LogP) is 1.29. The summed E-state index contributed by atoms with van der Waals surface area (Å²) in [6.45, 7) is 6.35. The summed E-state index contributed by atoms with van der Waals surface area (Å²) in [5.41, 5.74) is 1.31. The molecule has 39 heavy (non-hydrogen) atoms. The van der Waals surface area contributed by atoms with Crippen molar-refractivity contribution in [1.29, 1.82) is 0 Å². The van der Waals surface area contributed by atoms with Crippen molar-refractivity contribution < 1.29 is 53.4 Å². The number of amides is 2. The molecule has 2 aromatic carbocycles. The van der Waals surface area contributed by atoms with Gasteiger partial charge in [0.2, 0.25) is 0 Å². The number of halogens is 2. The maximum absolute atomic E-state index is 14.1. The summed E-state index contributed by atoms with van der Waals surface area (Å²) in [6, 6.07) is 10.9. The van der Waals surface area contributed by atoms with Crippen molar-refractivity contribution in [2.75, 3.05) is 6.54 Å². The first-order valence-electron chi connectivity index (χ1n) is 13.0. The molecule has 1 spiro atoms. The summed E-state index contributed by atoms with van der Waals surface area (Å²) in [6.07, 6.45) is 2.85. The van der Waals surface area contributed by atoms with Crippen LogP contribution in [0.3, 0.4) is 0 Å².